The third-order valence-electron chi connectivity index (χ3n) is 4.32. The van der Waals surface area contributed by atoms with Crippen molar-refractivity contribution in [2.24, 2.45) is 0 Å². The first-order valence-corrected chi connectivity index (χ1v) is 7.95. The van der Waals surface area contributed by atoms with E-state index in [0.29, 0.717) is 17.6 Å². The van der Waals surface area contributed by atoms with Crippen molar-refractivity contribution in [2.45, 2.75) is 66.1 Å². The van der Waals surface area contributed by atoms with Gasteiger partial charge in [0.25, 0.3) is 0 Å². The Morgan fingerprint density at radius 3 is 1.74 bits per heavy atom. The van der Waals surface area contributed by atoms with Gasteiger partial charge in [0.05, 0.1) is 0 Å². The van der Waals surface area contributed by atoms with E-state index in [2.05, 4.69) is 63.2 Å². The summed E-state index contributed by atoms with van der Waals surface area (Å²) < 4.78 is 0. The lowest BCUT2D eigenvalue weighted by atomic mass is 10.0. The van der Waals surface area contributed by atoms with E-state index in [1.165, 1.54) is 39.3 Å². The van der Waals surface area contributed by atoms with Gasteiger partial charge in [-0.3, -0.25) is 14.7 Å². The van der Waals surface area contributed by atoms with E-state index in [0.717, 1.165) is 0 Å². The molecule has 1 aliphatic rings. The molecular formula is C16H35N3. The van der Waals surface area contributed by atoms with Gasteiger partial charge >= 0.3 is 0 Å². The molecule has 0 aliphatic carbocycles. The Labute approximate surface area is 120 Å². The summed E-state index contributed by atoms with van der Waals surface area (Å²) in [5.41, 5.74) is 0.327. The summed E-state index contributed by atoms with van der Waals surface area (Å²) in [5.74, 6) is 0. The summed E-state index contributed by atoms with van der Waals surface area (Å²) in [4.78, 5) is 7.82. The van der Waals surface area contributed by atoms with Crippen LogP contribution in [0.25, 0.3) is 0 Å². The first-order valence-electron chi connectivity index (χ1n) is 7.95. The molecule has 1 aliphatic heterocycles. The van der Waals surface area contributed by atoms with E-state index < -0.39 is 0 Å². The van der Waals surface area contributed by atoms with Crippen molar-refractivity contribution < 1.29 is 0 Å². The molecule has 0 aromatic heterocycles. The van der Waals surface area contributed by atoms with E-state index in [4.69, 9.17) is 0 Å². The minimum absolute atomic E-state index is 0.327. The minimum atomic E-state index is 0.327. The average Bonchev–Trinajstić information content (AvgIpc) is 2.27. The Bertz CT molecular complexity index is 239. The van der Waals surface area contributed by atoms with Crippen molar-refractivity contribution in [1.82, 2.24) is 14.7 Å². The van der Waals surface area contributed by atoms with Gasteiger partial charge in [-0.2, -0.15) is 0 Å². The summed E-state index contributed by atoms with van der Waals surface area (Å²) in [7, 11) is 0. The predicted molar refractivity (Wildman–Crippen MR) is 84.7 cm³/mol. The Morgan fingerprint density at radius 1 is 0.895 bits per heavy atom. The number of piperazine rings is 1. The highest BCUT2D eigenvalue weighted by atomic mass is 15.3. The molecule has 0 N–H and O–H groups in total. The molecular weight excluding hydrogens is 234 g/mol. The maximum Gasteiger partial charge on any atom is 0.0126 e. The monoisotopic (exact) mass is 269 g/mol. The van der Waals surface area contributed by atoms with Gasteiger partial charge in [0.1, 0.15) is 0 Å². The normalized spacial score (nSPS) is 19.9. The van der Waals surface area contributed by atoms with Gasteiger partial charge in [-0.05, 0) is 48.5 Å². The number of rotatable bonds is 5. The predicted octanol–water partition coefficient (Wildman–Crippen LogP) is 2.52. The molecule has 3 heteroatoms. The molecule has 0 spiro atoms. The van der Waals surface area contributed by atoms with Crippen LogP contribution in [0, 0.1) is 0 Å². The zero-order chi connectivity index (χ0) is 14.6. The summed E-state index contributed by atoms with van der Waals surface area (Å²) in [5, 5.41) is 0. The lowest BCUT2D eigenvalue weighted by Gasteiger charge is -2.43. The molecule has 114 valence electrons. The number of hydrogen-bond donors (Lipinski definition) is 0. The van der Waals surface area contributed by atoms with Crippen molar-refractivity contribution in [3.8, 4) is 0 Å². The van der Waals surface area contributed by atoms with Crippen LogP contribution in [0.3, 0.4) is 0 Å². The molecule has 0 saturated carbocycles. The Balaban J connectivity index is 2.33. The van der Waals surface area contributed by atoms with Gasteiger partial charge < -0.3 is 0 Å². The Morgan fingerprint density at radius 2 is 1.37 bits per heavy atom. The standard InChI is InChI=1S/C16H35N3/c1-14(2)19(15(3)4)13-10-17-8-11-18(12-9-17)16(5,6)7/h14-15H,8-13H2,1-7H3. The number of hydrogen-bond acceptors (Lipinski definition) is 3. The van der Waals surface area contributed by atoms with E-state index in [1.807, 2.05) is 0 Å². The maximum absolute atomic E-state index is 2.62. The SMILES string of the molecule is CC(C)N(CCN1CCN(C(C)(C)C)CC1)C(C)C. The molecule has 0 unspecified atom stereocenters. The van der Waals surface area contributed by atoms with Crippen molar-refractivity contribution in [1.29, 1.82) is 0 Å². The Hall–Kier alpha value is -0.120. The van der Waals surface area contributed by atoms with E-state index in [9.17, 15) is 0 Å². The Kier molecular flexibility index (Phi) is 6.28. The molecule has 0 radical (unpaired) electrons. The molecule has 0 atom stereocenters. The van der Waals surface area contributed by atoms with Gasteiger partial charge in [-0.25, -0.2) is 0 Å². The van der Waals surface area contributed by atoms with Crippen LogP contribution in [-0.2, 0) is 0 Å². The maximum atomic E-state index is 2.62. The third-order valence-corrected chi connectivity index (χ3v) is 4.32. The minimum Gasteiger partial charge on any atom is -0.300 e. The summed E-state index contributed by atoms with van der Waals surface area (Å²) in [6, 6.07) is 1.30. The lowest BCUT2D eigenvalue weighted by Crippen LogP contribution is -2.54. The van der Waals surface area contributed by atoms with Crippen molar-refractivity contribution >= 4 is 0 Å². The molecule has 3 nitrogen and oxygen atoms in total. The van der Waals surface area contributed by atoms with Crippen molar-refractivity contribution in [3.05, 3.63) is 0 Å². The topological polar surface area (TPSA) is 9.72 Å². The zero-order valence-corrected chi connectivity index (χ0v) is 14.2. The first kappa shape index (κ1) is 16.9. The van der Waals surface area contributed by atoms with Crippen LogP contribution >= 0.6 is 0 Å². The highest BCUT2D eigenvalue weighted by Gasteiger charge is 2.26. The molecule has 1 fully saturated rings. The van der Waals surface area contributed by atoms with Crippen molar-refractivity contribution in [3.63, 3.8) is 0 Å². The van der Waals surface area contributed by atoms with E-state index in [-0.39, 0.29) is 0 Å². The van der Waals surface area contributed by atoms with E-state index in [1.54, 1.807) is 0 Å². The van der Waals surface area contributed by atoms with Crippen LogP contribution in [0.2, 0.25) is 0 Å². The van der Waals surface area contributed by atoms with Crippen LogP contribution in [-0.4, -0.2) is 71.6 Å². The summed E-state index contributed by atoms with van der Waals surface area (Å²) >= 11 is 0. The molecule has 0 aromatic rings. The van der Waals surface area contributed by atoms with Gasteiger partial charge in [-0.15, -0.1) is 0 Å². The fraction of sp³-hybridized carbons (Fsp3) is 1.00. The molecule has 1 saturated heterocycles. The third kappa shape index (κ3) is 5.41. The quantitative estimate of drug-likeness (QED) is 0.759. The summed E-state index contributed by atoms with van der Waals surface area (Å²) in [6.45, 7) is 23.5. The molecule has 0 aromatic carbocycles. The molecule has 0 bridgehead atoms. The largest absolute Gasteiger partial charge is 0.300 e. The average molecular weight is 269 g/mol. The first-order chi connectivity index (χ1) is 8.71. The molecule has 1 heterocycles. The second-order valence-electron chi connectivity index (χ2n) is 7.42. The van der Waals surface area contributed by atoms with Gasteiger partial charge in [0, 0.05) is 56.9 Å². The molecule has 1 rings (SSSR count). The zero-order valence-electron chi connectivity index (χ0n) is 14.2. The van der Waals surface area contributed by atoms with Gasteiger partial charge in [0.2, 0.25) is 0 Å². The van der Waals surface area contributed by atoms with Crippen LogP contribution in [0.4, 0.5) is 0 Å². The second-order valence-corrected chi connectivity index (χ2v) is 7.42. The fourth-order valence-corrected chi connectivity index (χ4v) is 3.01. The van der Waals surface area contributed by atoms with Crippen molar-refractivity contribution in [2.75, 3.05) is 39.3 Å². The van der Waals surface area contributed by atoms with Crippen LogP contribution in [0.1, 0.15) is 48.5 Å². The van der Waals surface area contributed by atoms with E-state index >= 15 is 0 Å². The smallest absolute Gasteiger partial charge is 0.0126 e. The fourth-order valence-electron chi connectivity index (χ4n) is 3.01. The lowest BCUT2D eigenvalue weighted by molar-refractivity contribution is 0.0524. The number of nitrogens with zero attached hydrogens (tertiary/aromatic N) is 3. The highest BCUT2D eigenvalue weighted by molar-refractivity contribution is 4.82. The second kappa shape index (κ2) is 7.05. The summed E-state index contributed by atoms with van der Waals surface area (Å²) in [6.07, 6.45) is 0. The van der Waals surface area contributed by atoms with Gasteiger partial charge in [0.15, 0.2) is 0 Å². The van der Waals surface area contributed by atoms with Crippen LogP contribution < -0.4 is 0 Å². The van der Waals surface area contributed by atoms with Crippen LogP contribution in [0.15, 0.2) is 0 Å². The van der Waals surface area contributed by atoms with Gasteiger partial charge in [-0.1, -0.05) is 0 Å². The van der Waals surface area contributed by atoms with Crippen LogP contribution in [0.5, 0.6) is 0 Å². The molecule has 0 amide bonds. The highest BCUT2D eigenvalue weighted by Crippen LogP contribution is 2.15. The molecule has 19 heavy (non-hydrogen) atoms.